The van der Waals surface area contributed by atoms with Gasteiger partial charge < -0.3 is 9.84 Å². The van der Waals surface area contributed by atoms with E-state index in [4.69, 9.17) is 4.52 Å². The Morgan fingerprint density at radius 3 is 2.60 bits per heavy atom. The minimum atomic E-state index is -0.445. The molecule has 1 heterocycles. The van der Waals surface area contributed by atoms with Gasteiger partial charge in [-0.15, -0.1) is 0 Å². The van der Waals surface area contributed by atoms with Gasteiger partial charge in [0.05, 0.1) is 14.7 Å². The molecule has 0 radical (unpaired) electrons. The van der Waals surface area contributed by atoms with Gasteiger partial charge in [-0.05, 0) is 12.1 Å². The van der Waals surface area contributed by atoms with Gasteiger partial charge >= 0.3 is 5.97 Å². The molecule has 5 heteroatoms. The standard InChI is InChI=1S/C10H18NO3P/c1-5-10(2,3)6-7(11-8(6)12)9(13)14-15-4/h6-7,15H,5H2,1-4H3,(H,11,12). The SMILES string of the molecule is CCC(C)(C)C1C(=O)NC1C(=O)OPC. The van der Waals surface area contributed by atoms with Gasteiger partial charge in [0.2, 0.25) is 5.91 Å². The van der Waals surface area contributed by atoms with Crippen LogP contribution >= 0.6 is 8.81 Å². The highest BCUT2D eigenvalue weighted by Crippen LogP contribution is 2.38. The average Bonchev–Trinajstić information content (AvgIpc) is 2.13. The maximum atomic E-state index is 11.5. The largest absolute Gasteiger partial charge is 0.447 e. The molecule has 0 bridgehead atoms. The van der Waals surface area contributed by atoms with Crippen molar-refractivity contribution in [2.75, 3.05) is 6.66 Å². The lowest BCUT2D eigenvalue weighted by molar-refractivity contribution is -0.156. The number of hydrogen-bond acceptors (Lipinski definition) is 3. The molecular formula is C10H18NO3P. The van der Waals surface area contributed by atoms with Gasteiger partial charge in [0, 0.05) is 0 Å². The topological polar surface area (TPSA) is 55.4 Å². The molecule has 1 amide bonds. The Morgan fingerprint density at radius 1 is 1.60 bits per heavy atom. The summed E-state index contributed by atoms with van der Waals surface area (Å²) in [6.45, 7) is 7.82. The molecule has 0 spiro atoms. The zero-order valence-corrected chi connectivity index (χ0v) is 10.6. The second-order valence-electron chi connectivity index (χ2n) is 4.43. The molecule has 4 nitrogen and oxygen atoms in total. The lowest BCUT2D eigenvalue weighted by Crippen LogP contribution is -2.66. The highest BCUT2D eigenvalue weighted by Gasteiger charge is 2.52. The van der Waals surface area contributed by atoms with Crippen molar-refractivity contribution in [3.63, 3.8) is 0 Å². The normalized spacial score (nSPS) is 26.3. The van der Waals surface area contributed by atoms with Crippen molar-refractivity contribution in [1.82, 2.24) is 5.32 Å². The molecule has 1 rings (SSSR count). The Labute approximate surface area is 92.0 Å². The second kappa shape index (κ2) is 4.48. The first-order chi connectivity index (χ1) is 6.94. The van der Waals surface area contributed by atoms with Gasteiger partial charge in [0.1, 0.15) is 6.04 Å². The highest BCUT2D eigenvalue weighted by atomic mass is 31.1. The fraction of sp³-hybridized carbons (Fsp3) is 0.800. The van der Waals surface area contributed by atoms with Crippen LogP contribution in [0.3, 0.4) is 0 Å². The van der Waals surface area contributed by atoms with Crippen LogP contribution in [0, 0.1) is 11.3 Å². The van der Waals surface area contributed by atoms with Gasteiger partial charge in [0.25, 0.3) is 0 Å². The van der Waals surface area contributed by atoms with E-state index in [1.165, 1.54) is 0 Å². The van der Waals surface area contributed by atoms with Crippen molar-refractivity contribution in [2.24, 2.45) is 11.3 Å². The predicted octanol–water partition coefficient (Wildman–Crippen LogP) is 1.30. The van der Waals surface area contributed by atoms with E-state index < -0.39 is 6.04 Å². The summed E-state index contributed by atoms with van der Waals surface area (Å²) in [6.07, 6.45) is 0.864. The molecule has 0 aromatic carbocycles. The van der Waals surface area contributed by atoms with Crippen LogP contribution in [0.1, 0.15) is 27.2 Å². The number of nitrogens with one attached hydrogen (secondary N) is 1. The quantitative estimate of drug-likeness (QED) is 0.586. The van der Waals surface area contributed by atoms with Crippen LogP contribution in [0.4, 0.5) is 0 Å². The van der Waals surface area contributed by atoms with Crippen molar-refractivity contribution in [3.05, 3.63) is 0 Å². The number of β-lactam (4-membered cyclic amide) rings is 1. The number of amides is 1. The van der Waals surface area contributed by atoms with Gasteiger partial charge in [-0.2, -0.15) is 0 Å². The Bertz CT molecular complexity index is 278. The van der Waals surface area contributed by atoms with E-state index in [0.29, 0.717) is 0 Å². The first-order valence-electron chi connectivity index (χ1n) is 5.12. The number of carbonyl (C=O) groups is 2. The summed E-state index contributed by atoms with van der Waals surface area (Å²) in [4.78, 5) is 23.0. The molecule has 0 saturated carbocycles. The predicted molar refractivity (Wildman–Crippen MR) is 59.8 cm³/mol. The zero-order chi connectivity index (χ0) is 11.6. The Morgan fingerprint density at radius 2 is 2.20 bits per heavy atom. The zero-order valence-electron chi connectivity index (χ0n) is 9.59. The van der Waals surface area contributed by atoms with Crippen molar-refractivity contribution in [1.29, 1.82) is 0 Å². The summed E-state index contributed by atoms with van der Waals surface area (Å²) in [6, 6.07) is -0.445. The minimum absolute atomic E-state index is 0.0387. The van der Waals surface area contributed by atoms with Crippen molar-refractivity contribution >= 4 is 20.7 Å². The van der Waals surface area contributed by atoms with Crippen LogP contribution in [0.5, 0.6) is 0 Å². The average molecular weight is 231 g/mol. The van der Waals surface area contributed by atoms with Crippen LogP contribution in [0.2, 0.25) is 0 Å². The smallest absolute Gasteiger partial charge is 0.331 e. The van der Waals surface area contributed by atoms with Crippen molar-refractivity contribution in [3.8, 4) is 0 Å². The third kappa shape index (κ3) is 2.31. The van der Waals surface area contributed by atoms with Crippen molar-refractivity contribution < 1.29 is 14.1 Å². The van der Waals surface area contributed by atoms with Crippen LogP contribution in [-0.4, -0.2) is 24.6 Å². The maximum Gasteiger partial charge on any atom is 0.331 e. The third-order valence-electron chi connectivity index (χ3n) is 3.12. The lowest BCUT2D eigenvalue weighted by atomic mass is 9.68. The van der Waals surface area contributed by atoms with Crippen LogP contribution < -0.4 is 5.32 Å². The molecule has 0 aliphatic carbocycles. The van der Waals surface area contributed by atoms with E-state index >= 15 is 0 Å². The fourth-order valence-corrected chi connectivity index (χ4v) is 2.09. The number of carbonyl (C=O) groups excluding carboxylic acids is 2. The maximum absolute atomic E-state index is 11.5. The molecule has 1 aliphatic heterocycles. The Hall–Kier alpha value is -0.630. The minimum Gasteiger partial charge on any atom is -0.447 e. The third-order valence-corrected chi connectivity index (χ3v) is 3.53. The summed E-state index contributed by atoms with van der Waals surface area (Å²) in [5.74, 6) is -0.587. The van der Waals surface area contributed by atoms with E-state index in [1.807, 2.05) is 20.8 Å². The fourth-order valence-electron chi connectivity index (χ4n) is 1.77. The van der Waals surface area contributed by atoms with Gasteiger partial charge in [-0.25, -0.2) is 4.79 Å². The van der Waals surface area contributed by atoms with Crippen LogP contribution in [-0.2, 0) is 14.1 Å². The molecular weight excluding hydrogens is 213 g/mol. The summed E-state index contributed by atoms with van der Waals surface area (Å²) < 4.78 is 4.94. The van der Waals surface area contributed by atoms with Crippen molar-refractivity contribution in [2.45, 2.75) is 33.2 Å². The Balaban J connectivity index is 2.71. The molecule has 1 aliphatic rings. The van der Waals surface area contributed by atoms with E-state index in [1.54, 1.807) is 6.66 Å². The molecule has 1 saturated heterocycles. The first kappa shape index (κ1) is 12.4. The Kier molecular flexibility index (Phi) is 3.72. The highest BCUT2D eigenvalue weighted by molar-refractivity contribution is 7.31. The molecule has 1 fully saturated rings. The summed E-state index contributed by atoms with van der Waals surface area (Å²) in [5.41, 5.74) is -0.150. The summed E-state index contributed by atoms with van der Waals surface area (Å²) >= 11 is 0. The van der Waals surface area contributed by atoms with Crippen LogP contribution in [0.15, 0.2) is 0 Å². The van der Waals surface area contributed by atoms with E-state index in [2.05, 4.69) is 5.32 Å². The molecule has 1 N–H and O–H groups in total. The van der Waals surface area contributed by atoms with E-state index in [9.17, 15) is 9.59 Å². The first-order valence-corrected chi connectivity index (χ1v) is 6.52. The molecule has 86 valence electrons. The molecule has 15 heavy (non-hydrogen) atoms. The monoisotopic (exact) mass is 231 g/mol. The molecule has 0 aromatic heterocycles. The van der Waals surface area contributed by atoms with E-state index in [-0.39, 0.29) is 32.0 Å². The summed E-state index contributed by atoms with van der Waals surface area (Å²) in [7, 11) is 0.133. The van der Waals surface area contributed by atoms with Crippen LogP contribution in [0.25, 0.3) is 0 Å². The number of rotatable bonds is 4. The summed E-state index contributed by atoms with van der Waals surface area (Å²) in [5, 5.41) is 2.61. The number of hydrogen-bond donors (Lipinski definition) is 1. The van der Waals surface area contributed by atoms with E-state index in [0.717, 1.165) is 6.42 Å². The molecule has 3 atom stereocenters. The molecule has 3 unspecified atom stereocenters. The van der Waals surface area contributed by atoms with Gasteiger partial charge in [-0.1, -0.05) is 27.2 Å². The lowest BCUT2D eigenvalue weighted by Gasteiger charge is -2.44. The molecule has 0 aromatic rings. The van der Waals surface area contributed by atoms with Gasteiger partial charge in [0.15, 0.2) is 0 Å². The second-order valence-corrected chi connectivity index (χ2v) is 5.04. The van der Waals surface area contributed by atoms with Gasteiger partial charge in [-0.3, -0.25) is 4.79 Å².